The Morgan fingerprint density at radius 3 is 2.65 bits per heavy atom. The monoisotopic (exact) mass is 307 g/mol. The van der Waals surface area contributed by atoms with Gasteiger partial charge in [0, 0.05) is 20.1 Å². The van der Waals surface area contributed by atoms with Gasteiger partial charge in [-0.2, -0.15) is 4.99 Å². The molecule has 0 radical (unpaired) electrons. The number of thioether (sulfide) groups is 1. The summed E-state index contributed by atoms with van der Waals surface area (Å²) in [7, 11) is 2.01. The molecule has 0 aromatic heterocycles. The third-order valence-electron chi connectivity index (χ3n) is 3.43. The fraction of sp³-hybridized carbons (Fsp3) is 0.429. The van der Waals surface area contributed by atoms with Gasteiger partial charge < -0.3 is 14.5 Å². The van der Waals surface area contributed by atoms with Crippen LogP contribution in [0.5, 0.6) is 0 Å². The molecule has 6 heteroatoms. The van der Waals surface area contributed by atoms with E-state index in [1.807, 2.05) is 13.1 Å². The maximum absolute atomic E-state index is 5.42. The molecule has 2 heterocycles. The Bertz CT molecular complexity index is 514. The number of aliphatic imine (C=N–C) groups is 1. The van der Waals surface area contributed by atoms with Crippen molar-refractivity contribution in [2.45, 2.75) is 5.37 Å². The molecule has 0 bridgehead atoms. The van der Waals surface area contributed by atoms with Crippen molar-refractivity contribution in [2.24, 2.45) is 4.99 Å². The quantitative estimate of drug-likeness (QED) is 0.743. The number of amidine groups is 1. The summed E-state index contributed by atoms with van der Waals surface area (Å²) < 4.78 is 5.40. The van der Waals surface area contributed by atoms with E-state index >= 15 is 0 Å². The molecule has 0 aliphatic carbocycles. The molecular weight excluding hydrogens is 290 g/mol. The van der Waals surface area contributed by atoms with Gasteiger partial charge in [0.2, 0.25) is 0 Å². The summed E-state index contributed by atoms with van der Waals surface area (Å²) in [6, 6.07) is 10.4. The number of rotatable bonds is 1. The van der Waals surface area contributed by atoms with E-state index < -0.39 is 0 Å². The lowest BCUT2D eigenvalue weighted by Gasteiger charge is -2.37. The number of hydrogen-bond donors (Lipinski definition) is 0. The van der Waals surface area contributed by atoms with Gasteiger partial charge in [0.05, 0.1) is 13.2 Å². The Hall–Kier alpha value is -1.11. The molecule has 0 N–H and O–H groups in total. The third kappa shape index (κ3) is 2.82. The van der Waals surface area contributed by atoms with Crippen LogP contribution >= 0.6 is 24.0 Å². The van der Waals surface area contributed by atoms with Crippen molar-refractivity contribution >= 4 is 34.3 Å². The van der Waals surface area contributed by atoms with Crippen LogP contribution in [0.3, 0.4) is 0 Å². The number of benzene rings is 1. The summed E-state index contributed by atoms with van der Waals surface area (Å²) >= 11 is 7.18. The normalized spacial score (nSPS) is 23.8. The highest BCUT2D eigenvalue weighted by molar-refractivity contribution is 8.14. The molecule has 2 aliphatic heterocycles. The van der Waals surface area contributed by atoms with Crippen molar-refractivity contribution in [2.75, 3.05) is 33.4 Å². The van der Waals surface area contributed by atoms with Crippen LogP contribution in [0.15, 0.2) is 35.3 Å². The summed E-state index contributed by atoms with van der Waals surface area (Å²) in [5.41, 5.74) is 1.25. The lowest BCUT2D eigenvalue weighted by Crippen LogP contribution is -2.43. The van der Waals surface area contributed by atoms with Crippen molar-refractivity contribution in [3.63, 3.8) is 0 Å². The maximum atomic E-state index is 5.42. The first-order chi connectivity index (χ1) is 9.75. The molecule has 1 saturated heterocycles. The molecule has 20 heavy (non-hydrogen) atoms. The molecule has 4 nitrogen and oxygen atoms in total. The molecule has 3 rings (SSSR count). The minimum absolute atomic E-state index is 0.194. The standard InChI is InChI=1S/C14H17N3OS2/c1-16-12(11-5-3-2-4-6-11)20-14(15-13(16)19)17-7-9-18-10-8-17/h2-6,12H,7-10H2,1H3/t12-/m1/s1. The average molecular weight is 307 g/mol. The fourth-order valence-corrected chi connectivity index (χ4v) is 3.81. The maximum Gasteiger partial charge on any atom is 0.198 e. The third-order valence-corrected chi connectivity index (χ3v) is 5.18. The van der Waals surface area contributed by atoms with E-state index in [2.05, 4.69) is 39.1 Å². The summed E-state index contributed by atoms with van der Waals surface area (Å²) in [6.07, 6.45) is 0. The second-order valence-corrected chi connectivity index (χ2v) is 6.18. The highest BCUT2D eigenvalue weighted by Crippen LogP contribution is 2.37. The van der Waals surface area contributed by atoms with Gasteiger partial charge in [-0.3, -0.25) is 0 Å². The molecule has 1 fully saturated rings. The lowest BCUT2D eigenvalue weighted by molar-refractivity contribution is 0.0693. The van der Waals surface area contributed by atoms with Crippen LogP contribution in [0.25, 0.3) is 0 Å². The highest BCUT2D eigenvalue weighted by atomic mass is 32.2. The topological polar surface area (TPSA) is 28.1 Å². The van der Waals surface area contributed by atoms with Gasteiger partial charge in [0.1, 0.15) is 5.37 Å². The van der Waals surface area contributed by atoms with Crippen LogP contribution in [0.2, 0.25) is 0 Å². The van der Waals surface area contributed by atoms with Crippen molar-refractivity contribution in [3.05, 3.63) is 35.9 Å². The second kappa shape index (κ2) is 6.11. The number of thiocarbonyl (C=S) groups is 1. The molecule has 2 aliphatic rings. The Balaban J connectivity index is 1.83. The first kappa shape index (κ1) is 13.9. The van der Waals surface area contributed by atoms with Crippen molar-refractivity contribution < 1.29 is 4.74 Å². The molecule has 0 unspecified atom stereocenters. The molecular formula is C14H17N3OS2. The minimum atomic E-state index is 0.194. The molecule has 1 atom stereocenters. The molecule has 1 aromatic rings. The molecule has 0 spiro atoms. The number of morpholine rings is 1. The van der Waals surface area contributed by atoms with E-state index in [9.17, 15) is 0 Å². The molecule has 0 amide bonds. The Morgan fingerprint density at radius 1 is 1.25 bits per heavy atom. The van der Waals surface area contributed by atoms with Gasteiger partial charge in [0.15, 0.2) is 10.3 Å². The van der Waals surface area contributed by atoms with E-state index in [-0.39, 0.29) is 5.37 Å². The van der Waals surface area contributed by atoms with Gasteiger partial charge >= 0.3 is 0 Å². The van der Waals surface area contributed by atoms with E-state index in [1.54, 1.807) is 11.8 Å². The van der Waals surface area contributed by atoms with Crippen LogP contribution in [0.4, 0.5) is 0 Å². The van der Waals surface area contributed by atoms with Gasteiger partial charge in [-0.25, -0.2) is 0 Å². The first-order valence-electron chi connectivity index (χ1n) is 6.65. The van der Waals surface area contributed by atoms with Crippen molar-refractivity contribution in [3.8, 4) is 0 Å². The summed E-state index contributed by atoms with van der Waals surface area (Å²) in [4.78, 5) is 8.89. The van der Waals surface area contributed by atoms with Crippen LogP contribution in [0, 0.1) is 0 Å². The van der Waals surface area contributed by atoms with Gasteiger partial charge in [-0.1, -0.05) is 42.1 Å². The first-order valence-corrected chi connectivity index (χ1v) is 7.94. The van der Waals surface area contributed by atoms with Gasteiger partial charge in [-0.15, -0.1) is 0 Å². The van der Waals surface area contributed by atoms with Crippen LogP contribution in [-0.2, 0) is 4.74 Å². The second-order valence-electron chi connectivity index (χ2n) is 4.77. The molecule has 0 saturated carbocycles. The summed E-state index contributed by atoms with van der Waals surface area (Å²) in [6.45, 7) is 3.30. The lowest BCUT2D eigenvalue weighted by atomic mass is 10.2. The predicted octanol–water partition coefficient (Wildman–Crippen LogP) is 2.34. The fourth-order valence-electron chi connectivity index (χ4n) is 2.28. The molecule has 106 valence electrons. The number of ether oxygens (including phenoxy) is 1. The van der Waals surface area contributed by atoms with Crippen molar-refractivity contribution in [1.82, 2.24) is 9.80 Å². The SMILES string of the molecule is CN1C(=S)N=C(N2CCOCC2)S[C@@H]1c1ccccc1. The predicted molar refractivity (Wildman–Crippen MR) is 87.0 cm³/mol. The number of nitrogens with zero attached hydrogens (tertiary/aromatic N) is 3. The van der Waals surface area contributed by atoms with E-state index in [0.29, 0.717) is 5.11 Å². The Kier molecular flexibility index (Phi) is 4.24. The van der Waals surface area contributed by atoms with Gasteiger partial charge in [0.25, 0.3) is 0 Å². The zero-order chi connectivity index (χ0) is 13.9. The van der Waals surface area contributed by atoms with E-state index in [4.69, 9.17) is 17.0 Å². The number of hydrogen-bond acceptors (Lipinski definition) is 4. The van der Waals surface area contributed by atoms with E-state index in [1.165, 1.54) is 5.56 Å². The summed E-state index contributed by atoms with van der Waals surface area (Å²) in [5.74, 6) is 0. The van der Waals surface area contributed by atoms with Crippen LogP contribution in [-0.4, -0.2) is 53.4 Å². The Morgan fingerprint density at radius 2 is 1.95 bits per heavy atom. The largest absolute Gasteiger partial charge is 0.378 e. The van der Waals surface area contributed by atoms with Crippen LogP contribution < -0.4 is 0 Å². The highest BCUT2D eigenvalue weighted by Gasteiger charge is 2.30. The smallest absolute Gasteiger partial charge is 0.198 e. The Labute approximate surface area is 128 Å². The van der Waals surface area contributed by atoms with E-state index in [0.717, 1.165) is 31.5 Å². The van der Waals surface area contributed by atoms with Gasteiger partial charge in [-0.05, 0) is 17.8 Å². The molecule has 1 aromatic carbocycles. The minimum Gasteiger partial charge on any atom is -0.378 e. The van der Waals surface area contributed by atoms with Crippen molar-refractivity contribution in [1.29, 1.82) is 0 Å². The zero-order valence-electron chi connectivity index (χ0n) is 11.4. The average Bonchev–Trinajstić information content (AvgIpc) is 2.51. The van der Waals surface area contributed by atoms with Crippen LogP contribution in [0.1, 0.15) is 10.9 Å². The zero-order valence-corrected chi connectivity index (χ0v) is 13.0. The summed E-state index contributed by atoms with van der Waals surface area (Å²) in [5, 5.41) is 1.86.